The highest BCUT2D eigenvalue weighted by molar-refractivity contribution is 6.04. The Morgan fingerprint density at radius 2 is 1.60 bits per heavy atom. The van der Waals surface area contributed by atoms with E-state index in [0.29, 0.717) is 11.8 Å². The van der Waals surface area contributed by atoms with Crippen molar-refractivity contribution in [1.29, 1.82) is 0 Å². The Kier molecular flexibility index (Phi) is 10.1. The number of nitrogens with one attached hydrogen (secondary N) is 1. The predicted octanol–water partition coefficient (Wildman–Crippen LogP) is 9.36. The van der Waals surface area contributed by atoms with Gasteiger partial charge in [-0.3, -0.25) is 14.9 Å². The van der Waals surface area contributed by atoms with Gasteiger partial charge in [0.05, 0.1) is 16.6 Å². The molecule has 0 fully saturated rings. The van der Waals surface area contributed by atoms with Crippen LogP contribution >= 0.6 is 0 Å². The van der Waals surface area contributed by atoms with Crippen molar-refractivity contribution >= 4 is 22.4 Å². The number of fused-ring (bicyclic) bond motifs is 1. The van der Waals surface area contributed by atoms with Crippen LogP contribution in [0.15, 0.2) is 72.8 Å². The number of phenolic OH excluding ortho intramolecular Hbond substituents is 1. The zero-order chi connectivity index (χ0) is 32.9. The average molecular weight is 613 g/mol. The standard InChI is InChI=1S/C37H44N2O6/c1-8-11-33(44-31-18-14-24(22-36(2,3)4)20-26(31)23-37(5,6)7)38-35(41)29-17-15-25-12-9-10-13-28(25)34(29)45-32-19-16-27(39(42)43)21-30(32)40/h9-10,12-21,33,40H,8,11,22-23H2,1-7H3,(H,38,41). The highest BCUT2D eigenvalue weighted by Crippen LogP contribution is 2.39. The van der Waals surface area contributed by atoms with E-state index >= 15 is 0 Å². The van der Waals surface area contributed by atoms with Gasteiger partial charge in [-0.2, -0.15) is 0 Å². The van der Waals surface area contributed by atoms with E-state index in [9.17, 15) is 20.0 Å². The smallest absolute Gasteiger partial charge is 0.273 e. The molecule has 0 saturated heterocycles. The van der Waals surface area contributed by atoms with Crippen LogP contribution in [0.25, 0.3) is 10.8 Å². The molecule has 0 aliphatic rings. The van der Waals surface area contributed by atoms with Crippen molar-refractivity contribution in [2.24, 2.45) is 10.8 Å². The normalized spacial score (nSPS) is 12.5. The molecule has 8 heteroatoms. The number of non-ortho nitro benzene ring substituents is 1. The number of rotatable bonds is 11. The number of nitro groups is 1. The summed E-state index contributed by atoms with van der Waals surface area (Å²) in [5, 5.41) is 26.2. The number of hydrogen-bond acceptors (Lipinski definition) is 6. The van der Waals surface area contributed by atoms with Gasteiger partial charge < -0.3 is 19.9 Å². The summed E-state index contributed by atoms with van der Waals surface area (Å²) >= 11 is 0. The summed E-state index contributed by atoms with van der Waals surface area (Å²) in [4.78, 5) is 24.5. The van der Waals surface area contributed by atoms with Gasteiger partial charge >= 0.3 is 0 Å². The van der Waals surface area contributed by atoms with E-state index in [2.05, 4.69) is 59.0 Å². The third kappa shape index (κ3) is 8.97. The molecule has 2 N–H and O–H groups in total. The monoisotopic (exact) mass is 612 g/mol. The number of nitrogens with zero attached hydrogens (tertiary/aromatic N) is 1. The van der Waals surface area contributed by atoms with Crippen LogP contribution in [0.5, 0.6) is 23.0 Å². The third-order valence-electron chi connectivity index (χ3n) is 7.18. The van der Waals surface area contributed by atoms with E-state index in [1.54, 1.807) is 6.07 Å². The molecular weight excluding hydrogens is 568 g/mol. The topological polar surface area (TPSA) is 111 Å². The molecular formula is C37H44N2O6. The van der Waals surface area contributed by atoms with Crippen LogP contribution in [0, 0.1) is 20.9 Å². The lowest BCUT2D eigenvalue weighted by Gasteiger charge is -2.26. The fourth-order valence-corrected chi connectivity index (χ4v) is 5.33. The van der Waals surface area contributed by atoms with Crippen molar-refractivity contribution in [3.63, 3.8) is 0 Å². The maximum absolute atomic E-state index is 13.9. The highest BCUT2D eigenvalue weighted by atomic mass is 16.6. The first-order valence-corrected chi connectivity index (χ1v) is 15.4. The molecule has 1 amide bonds. The van der Waals surface area contributed by atoms with E-state index < -0.39 is 22.8 Å². The SMILES string of the molecule is CCCC(NC(=O)c1ccc2ccccc2c1Oc1ccc([N+](=O)[O-])cc1O)Oc1ccc(CC(C)(C)C)cc1CC(C)(C)C. The number of carbonyl (C=O) groups excluding carboxylic acids is 1. The largest absolute Gasteiger partial charge is 0.504 e. The van der Waals surface area contributed by atoms with Gasteiger partial charge in [0.1, 0.15) is 11.5 Å². The molecule has 1 unspecified atom stereocenters. The number of carbonyl (C=O) groups is 1. The molecule has 4 rings (SSSR count). The van der Waals surface area contributed by atoms with Crippen LogP contribution < -0.4 is 14.8 Å². The quantitative estimate of drug-likeness (QED) is 0.0992. The minimum Gasteiger partial charge on any atom is -0.504 e. The van der Waals surface area contributed by atoms with Crippen LogP contribution in [0.4, 0.5) is 5.69 Å². The van der Waals surface area contributed by atoms with Crippen LogP contribution in [0.2, 0.25) is 0 Å². The molecule has 0 bridgehead atoms. The minimum atomic E-state index is -0.609. The number of amides is 1. The van der Waals surface area contributed by atoms with Gasteiger partial charge in [0.25, 0.3) is 11.6 Å². The number of ether oxygens (including phenoxy) is 2. The zero-order valence-corrected chi connectivity index (χ0v) is 27.3. The summed E-state index contributed by atoms with van der Waals surface area (Å²) in [6.07, 6.45) is 2.50. The molecule has 4 aromatic rings. The number of benzene rings is 4. The molecule has 0 aliphatic heterocycles. The van der Waals surface area contributed by atoms with Crippen molar-refractivity contribution < 1.29 is 24.3 Å². The van der Waals surface area contributed by atoms with Gasteiger partial charge in [-0.05, 0) is 58.4 Å². The Balaban J connectivity index is 1.67. The summed E-state index contributed by atoms with van der Waals surface area (Å²) in [5.41, 5.74) is 2.49. The Morgan fingerprint density at radius 1 is 0.911 bits per heavy atom. The maximum Gasteiger partial charge on any atom is 0.273 e. The van der Waals surface area contributed by atoms with Crippen LogP contribution in [0.1, 0.15) is 82.8 Å². The Bertz CT molecular complexity index is 1680. The predicted molar refractivity (Wildman–Crippen MR) is 178 cm³/mol. The number of nitro benzene ring substituents is 1. The lowest BCUT2D eigenvalue weighted by Crippen LogP contribution is -2.39. The van der Waals surface area contributed by atoms with Gasteiger partial charge in [-0.25, -0.2) is 0 Å². The van der Waals surface area contributed by atoms with Gasteiger partial charge in [-0.15, -0.1) is 0 Å². The van der Waals surface area contributed by atoms with Crippen molar-refractivity contribution in [3.8, 4) is 23.0 Å². The van der Waals surface area contributed by atoms with E-state index in [1.165, 1.54) is 17.7 Å². The second-order valence-corrected chi connectivity index (χ2v) is 14.0. The molecule has 0 aromatic heterocycles. The third-order valence-corrected chi connectivity index (χ3v) is 7.18. The zero-order valence-electron chi connectivity index (χ0n) is 27.3. The average Bonchev–Trinajstić information content (AvgIpc) is 2.94. The molecule has 0 radical (unpaired) electrons. The second-order valence-electron chi connectivity index (χ2n) is 14.0. The Hall–Kier alpha value is -4.59. The summed E-state index contributed by atoms with van der Waals surface area (Å²) in [6.45, 7) is 15.3. The fourth-order valence-electron chi connectivity index (χ4n) is 5.33. The molecule has 0 heterocycles. The lowest BCUT2D eigenvalue weighted by molar-refractivity contribution is -0.385. The van der Waals surface area contributed by atoms with E-state index in [1.807, 2.05) is 43.3 Å². The molecule has 4 aromatic carbocycles. The first kappa shape index (κ1) is 33.3. The Morgan fingerprint density at radius 3 is 2.24 bits per heavy atom. The second kappa shape index (κ2) is 13.6. The molecule has 238 valence electrons. The maximum atomic E-state index is 13.9. The van der Waals surface area contributed by atoms with Crippen LogP contribution in [-0.2, 0) is 12.8 Å². The van der Waals surface area contributed by atoms with Crippen LogP contribution in [-0.4, -0.2) is 22.2 Å². The fraction of sp³-hybridized carbons (Fsp3) is 0.378. The van der Waals surface area contributed by atoms with E-state index in [-0.39, 0.29) is 33.6 Å². The first-order valence-electron chi connectivity index (χ1n) is 15.4. The lowest BCUT2D eigenvalue weighted by atomic mass is 9.84. The molecule has 0 saturated carbocycles. The minimum absolute atomic E-state index is 0.00506. The number of aromatic hydroxyl groups is 1. The summed E-state index contributed by atoms with van der Waals surface area (Å²) < 4.78 is 12.7. The number of hydrogen-bond donors (Lipinski definition) is 2. The van der Waals surface area contributed by atoms with Gasteiger partial charge in [0, 0.05) is 17.9 Å². The number of phenols is 1. The van der Waals surface area contributed by atoms with Crippen molar-refractivity contribution in [2.75, 3.05) is 0 Å². The van der Waals surface area contributed by atoms with Crippen LogP contribution in [0.3, 0.4) is 0 Å². The molecule has 8 nitrogen and oxygen atoms in total. The summed E-state index contributed by atoms with van der Waals surface area (Å²) in [7, 11) is 0. The highest BCUT2D eigenvalue weighted by Gasteiger charge is 2.24. The van der Waals surface area contributed by atoms with Crippen molar-refractivity contribution in [1.82, 2.24) is 5.32 Å². The van der Waals surface area contributed by atoms with Gasteiger partial charge in [0.15, 0.2) is 17.7 Å². The summed E-state index contributed by atoms with van der Waals surface area (Å²) in [5.74, 6) is 0.154. The van der Waals surface area contributed by atoms with Gasteiger partial charge in [0.2, 0.25) is 0 Å². The molecule has 1 atom stereocenters. The molecule has 45 heavy (non-hydrogen) atoms. The molecule has 0 aliphatic carbocycles. The van der Waals surface area contributed by atoms with E-state index in [0.717, 1.165) is 42.0 Å². The van der Waals surface area contributed by atoms with E-state index in [4.69, 9.17) is 9.47 Å². The Labute approximate surface area is 265 Å². The molecule has 0 spiro atoms. The first-order chi connectivity index (χ1) is 21.1. The summed E-state index contributed by atoms with van der Waals surface area (Å²) in [6, 6.07) is 20.8. The van der Waals surface area contributed by atoms with Crippen molar-refractivity contribution in [2.45, 2.75) is 80.4 Å². The van der Waals surface area contributed by atoms with Gasteiger partial charge in [-0.1, -0.05) is 97.4 Å². The van der Waals surface area contributed by atoms with Crippen molar-refractivity contribution in [3.05, 3.63) is 99.6 Å².